The number of nitrogens with zero attached hydrogens (tertiary/aromatic N) is 1. The van der Waals surface area contributed by atoms with Gasteiger partial charge in [-0.05, 0) is 83.0 Å². The van der Waals surface area contributed by atoms with Crippen molar-refractivity contribution >= 4 is 46.0 Å². The minimum absolute atomic E-state index is 0.123. The molecule has 0 saturated heterocycles. The maximum absolute atomic E-state index is 13.6. The molecule has 5 nitrogen and oxygen atoms in total. The number of hydrogen-bond donors (Lipinski definition) is 1. The second-order valence-corrected chi connectivity index (χ2v) is 10.8. The van der Waals surface area contributed by atoms with Crippen molar-refractivity contribution in [1.29, 1.82) is 0 Å². The summed E-state index contributed by atoms with van der Waals surface area (Å²) >= 11 is 8.31. The summed E-state index contributed by atoms with van der Waals surface area (Å²) < 4.78 is 6.91. The van der Waals surface area contributed by atoms with Crippen LogP contribution in [0.15, 0.2) is 78.9 Å². The van der Waals surface area contributed by atoms with E-state index in [9.17, 15) is 9.59 Å². The molecule has 1 fully saturated rings. The maximum atomic E-state index is 13.6. The molecule has 0 aromatic heterocycles. The first-order chi connectivity index (χ1) is 17.5. The van der Waals surface area contributed by atoms with Gasteiger partial charge in [-0.25, -0.2) is 0 Å². The summed E-state index contributed by atoms with van der Waals surface area (Å²) in [5.74, 6) is 0.249. The van der Waals surface area contributed by atoms with Gasteiger partial charge in [0.05, 0.1) is 0 Å². The van der Waals surface area contributed by atoms with E-state index in [-0.39, 0.29) is 31.0 Å². The van der Waals surface area contributed by atoms with Crippen LogP contribution in [0.1, 0.15) is 36.8 Å². The van der Waals surface area contributed by atoms with Gasteiger partial charge in [-0.3, -0.25) is 9.59 Å². The molecule has 0 bridgehead atoms. The summed E-state index contributed by atoms with van der Waals surface area (Å²) in [5.41, 5.74) is 1.89. The zero-order chi connectivity index (χ0) is 25.3. The van der Waals surface area contributed by atoms with E-state index in [1.807, 2.05) is 66.7 Å². The van der Waals surface area contributed by atoms with Gasteiger partial charge in [-0.1, -0.05) is 66.9 Å². The second kappa shape index (κ2) is 13.1. The van der Waals surface area contributed by atoms with E-state index >= 15 is 0 Å². The van der Waals surface area contributed by atoms with Crippen molar-refractivity contribution in [3.05, 3.63) is 98.6 Å². The SMILES string of the molecule is O=C(NC1CCCC1)[C@H](Cc1ccccc1)N(Cc1ccc(Cl)cc1)C(=O)COc1ccc(I)cc1. The summed E-state index contributed by atoms with van der Waals surface area (Å²) in [4.78, 5) is 28.9. The molecule has 0 aliphatic heterocycles. The summed E-state index contributed by atoms with van der Waals surface area (Å²) in [6.45, 7) is 0.123. The van der Waals surface area contributed by atoms with Crippen LogP contribution in [0.2, 0.25) is 5.02 Å². The fourth-order valence-corrected chi connectivity index (χ4v) is 4.95. The Morgan fingerprint density at radius 3 is 2.28 bits per heavy atom. The third kappa shape index (κ3) is 7.71. The number of rotatable bonds is 10. The van der Waals surface area contributed by atoms with E-state index in [0.717, 1.165) is 40.4 Å². The molecule has 3 aromatic carbocycles. The number of ether oxygens (including phenoxy) is 1. The van der Waals surface area contributed by atoms with Crippen molar-refractivity contribution < 1.29 is 14.3 Å². The van der Waals surface area contributed by atoms with Gasteiger partial charge in [0.1, 0.15) is 11.8 Å². The largest absolute Gasteiger partial charge is 0.484 e. The molecule has 1 N–H and O–H groups in total. The van der Waals surface area contributed by atoms with E-state index in [2.05, 4.69) is 27.9 Å². The monoisotopic (exact) mass is 616 g/mol. The summed E-state index contributed by atoms with van der Waals surface area (Å²) in [6.07, 6.45) is 4.61. The first-order valence-electron chi connectivity index (χ1n) is 12.2. The molecule has 0 spiro atoms. The molecule has 2 amide bonds. The lowest BCUT2D eigenvalue weighted by Crippen LogP contribution is -2.53. The molecule has 1 atom stereocenters. The number of benzene rings is 3. The first-order valence-corrected chi connectivity index (χ1v) is 13.7. The zero-order valence-electron chi connectivity index (χ0n) is 20.0. The lowest BCUT2D eigenvalue weighted by atomic mass is 10.0. The van der Waals surface area contributed by atoms with Crippen LogP contribution in [0.4, 0.5) is 0 Å². The van der Waals surface area contributed by atoms with Crippen molar-refractivity contribution in [1.82, 2.24) is 10.2 Å². The lowest BCUT2D eigenvalue weighted by Gasteiger charge is -2.32. The fourth-order valence-electron chi connectivity index (χ4n) is 4.47. The normalized spacial score (nSPS) is 14.3. The third-order valence-electron chi connectivity index (χ3n) is 6.41. The smallest absolute Gasteiger partial charge is 0.261 e. The van der Waals surface area contributed by atoms with Crippen LogP contribution in [0, 0.1) is 3.57 Å². The van der Waals surface area contributed by atoms with Gasteiger partial charge in [-0.15, -0.1) is 0 Å². The van der Waals surface area contributed by atoms with Gasteiger partial charge in [0.2, 0.25) is 5.91 Å². The molecule has 36 heavy (non-hydrogen) atoms. The Bertz CT molecular complexity index is 1130. The van der Waals surface area contributed by atoms with E-state index < -0.39 is 6.04 Å². The van der Waals surface area contributed by atoms with Crippen molar-refractivity contribution in [3.8, 4) is 5.75 Å². The van der Waals surface area contributed by atoms with Crippen LogP contribution in [0.5, 0.6) is 5.75 Å². The standard InChI is InChI=1S/C29H30ClIN2O3/c30-23-12-10-22(11-13-23)19-33(28(34)20-36-26-16-14-24(31)15-17-26)27(18-21-6-2-1-3-7-21)29(35)32-25-8-4-5-9-25/h1-3,6-7,10-17,25,27H,4-5,8-9,18-20H2,(H,32,35)/t27-/m0/s1. The van der Waals surface area contributed by atoms with E-state index in [1.54, 1.807) is 17.0 Å². The molecule has 4 rings (SSSR count). The Morgan fingerprint density at radius 1 is 0.944 bits per heavy atom. The van der Waals surface area contributed by atoms with Crippen LogP contribution in [0.25, 0.3) is 0 Å². The summed E-state index contributed by atoms with van der Waals surface area (Å²) in [7, 11) is 0. The first kappa shape index (κ1) is 26.5. The topological polar surface area (TPSA) is 58.6 Å². The lowest BCUT2D eigenvalue weighted by molar-refractivity contribution is -0.143. The predicted octanol–water partition coefficient (Wildman–Crippen LogP) is 6.02. The van der Waals surface area contributed by atoms with Crippen LogP contribution in [-0.2, 0) is 22.6 Å². The molecule has 0 unspecified atom stereocenters. The highest BCUT2D eigenvalue weighted by Gasteiger charge is 2.32. The zero-order valence-corrected chi connectivity index (χ0v) is 23.0. The van der Waals surface area contributed by atoms with E-state index in [1.165, 1.54) is 0 Å². The third-order valence-corrected chi connectivity index (χ3v) is 7.39. The van der Waals surface area contributed by atoms with Gasteiger partial charge >= 0.3 is 0 Å². The number of halogens is 2. The van der Waals surface area contributed by atoms with Crippen LogP contribution in [0.3, 0.4) is 0 Å². The summed E-state index contributed by atoms with van der Waals surface area (Å²) in [5, 5.41) is 3.84. The van der Waals surface area contributed by atoms with E-state index in [0.29, 0.717) is 17.2 Å². The number of amides is 2. The molecular formula is C29H30ClIN2O3. The Kier molecular flexibility index (Phi) is 9.64. The molecule has 3 aromatic rings. The minimum atomic E-state index is -0.670. The number of hydrogen-bond acceptors (Lipinski definition) is 3. The second-order valence-electron chi connectivity index (χ2n) is 9.09. The molecule has 0 radical (unpaired) electrons. The molecule has 1 aliphatic rings. The van der Waals surface area contributed by atoms with Gasteiger partial charge in [0, 0.05) is 27.6 Å². The predicted molar refractivity (Wildman–Crippen MR) is 151 cm³/mol. The highest BCUT2D eigenvalue weighted by Crippen LogP contribution is 2.21. The number of carbonyl (C=O) groups is 2. The molecule has 1 aliphatic carbocycles. The Morgan fingerprint density at radius 2 is 1.61 bits per heavy atom. The van der Waals surface area contributed by atoms with E-state index in [4.69, 9.17) is 16.3 Å². The molecule has 1 saturated carbocycles. The Hall–Kier alpha value is -2.58. The van der Waals surface area contributed by atoms with Crippen molar-refractivity contribution in [3.63, 3.8) is 0 Å². The fraction of sp³-hybridized carbons (Fsp3) is 0.310. The average molecular weight is 617 g/mol. The molecule has 7 heteroatoms. The minimum Gasteiger partial charge on any atom is -0.484 e. The molecule has 188 valence electrons. The summed E-state index contributed by atoms with van der Waals surface area (Å²) in [6, 6.07) is 24.2. The maximum Gasteiger partial charge on any atom is 0.261 e. The Labute approximate surface area is 231 Å². The van der Waals surface area contributed by atoms with Crippen LogP contribution >= 0.6 is 34.2 Å². The van der Waals surface area contributed by atoms with Gasteiger partial charge in [0.25, 0.3) is 5.91 Å². The average Bonchev–Trinajstić information content (AvgIpc) is 3.40. The van der Waals surface area contributed by atoms with Gasteiger partial charge < -0.3 is 15.0 Å². The van der Waals surface area contributed by atoms with Crippen molar-refractivity contribution in [2.75, 3.05) is 6.61 Å². The Balaban J connectivity index is 1.59. The van der Waals surface area contributed by atoms with Gasteiger partial charge in [-0.2, -0.15) is 0 Å². The molecular weight excluding hydrogens is 587 g/mol. The van der Waals surface area contributed by atoms with Crippen molar-refractivity contribution in [2.24, 2.45) is 0 Å². The molecule has 0 heterocycles. The number of nitrogens with one attached hydrogen (secondary N) is 1. The van der Waals surface area contributed by atoms with Crippen LogP contribution < -0.4 is 10.1 Å². The van der Waals surface area contributed by atoms with Crippen molar-refractivity contribution in [2.45, 2.75) is 50.7 Å². The quantitative estimate of drug-likeness (QED) is 0.284. The van der Waals surface area contributed by atoms with Gasteiger partial charge in [0.15, 0.2) is 6.61 Å². The van der Waals surface area contributed by atoms with Crippen LogP contribution in [-0.4, -0.2) is 35.4 Å². The highest BCUT2D eigenvalue weighted by atomic mass is 127. The number of carbonyl (C=O) groups excluding carboxylic acids is 2. The highest BCUT2D eigenvalue weighted by molar-refractivity contribution is 14.1.